The maximum absolute atomic E-state index is 12.8. The smallest absolute Gasteiger partial charge is 0.256 e. The van der Waals surface area contributed by atoms with E-state index in [1.54, 1.807) is 13.3 Å². The Bertz CT molecular complexity index is 717. The van der Waals surface area contributed by atoms with Gasteiger partial charge in [-0.2, -0.15) is 0 Å². The molecule has 0 aliphatic carbocycles. The number of pyridine rings is 1. The molecule has 0 aliphatic heterocycles. The van der Waals surface area contributed by atoms with Gasteiger partial charge < -0.3 is 14.8 Å². The van der Waals surface area contributed by atoms with E-state index in [1.807, 2.05) is 38.1 Å². The summed E-state index contributed by atoms with van der Waals surface area (Å²) < 4.78 is 11.2. The van der Waals surface area contributed by atoms with Crippen molar-refractivity contribution in [2.45, 2.75) is 52.1 Å². The largest absolute Gasteiger partial charge is 0.492 e. The number of carbonyl (C=O) groups is 1. The van der Waals surface area contributed by atoms with Gasteiger partial charge >= 0.3 is 0 Å². The average Bonchev–Trinajstić information content (AvgIpc) is 2.63. The normalized spacial score (nSPS) is 13.4. The Morgan fingerprint density at radius 1 is 1.24 bits per heavy atom. The molecular weight excluding hydrogens is 316 g/mol. The molecule has 2 rings (SSSR count). The van der Waals surface area contributed by atoms with E-state index in [-0.39, 0.29) is 5.91 Å². The van der Waals surface area contributed by atoms with Crippen LogP contribution in [0.5, 0.6) is 5.75 Å². The minimum absolute atomic E-state index is 0.139. The fourth-order valence-electron chi connectivity index (χ4n) is 2.80. The number of fused-ring (bicyclic) bond motifs is 1. The number of benzene rings is 1. The van der Waals surface area contributed by atoms with E-state index in [9.17, 15) is 4.79 Å². The number of methoxy groups -OCH3 is 1. The molecule has 0 unspecified atom stereocenters. The number of anilines is 1. The summed E-state index contributed by atoms with van der Waals surface area (Å²) in [5, 5.41) is 3.87. The molecule has 0 bridgehead atoms. The lowest BCUT2D eigenvalue weighted by Crippen LogP contribution is -2.42. The Labute approximate surface area is 149 Å². The number of nitrogens with zero attached hydrogens (tertiary/aromatic N) is 1. The molecule has 0 fully saturated rings. The van der Waals surface area contributed by atoms with Crippen LogP contribution in [0, 0.1) is 0 Å². The van der Waals surface area contributed by atoms with Crippen LogP contribution in [-0.2, 0) is 9.53 Å². The number of nitrogens with one attached hydrogen (secondary N) is 1. The maximum atomic E-state index is 12.8. The SMILES string of the molecule is CCCCC[C@](C)(OC)C(=O)Nc1ccc(OCC)c2ncccc12. The van der Waals surface area contributed by atoms with Crippen molar-refractivity contribution in [1.82, 2.24) is 4.98 Å². The van der Waals surface area contributed by atoms with E-state index in [0.29, 0.717) is 18.8 Å². The first kappa shape index (κ1) is 19.2. The van der Waals surface area contributed by atoms with Crippen molar-refractivity contribution in [3.63, 3.8) is 0 Å². The maximum Gasteiger partial charge on any atom is 0.256 e. The number of carbonyl (C=O) groups excluding carboxylic acids is 1. The van der Waals surface area contributed by atoms with Gasteiger partial charge in [0, 0.05) is 18.7 Å². The van der Waals surface area contributed by atoms with Crippen molar-refractivity contribution in [3.8, 4) is 5.75 Å². The molecule has 136 valence electrons. The quantitative estimate of drug-likeness (QED) is 0.678. The lowest BCUT2D eigenvalue weighted by Gasteiger charge is -2.27. The summed E-state index contributed by atoms with van der Waals surface area (Å²) >= 11 is 0. The molecule has 0 radical (unpaired) electrons. The number of hydrogen-bond donors (Lipinski definition) is 1. The number of rotatable bonds is 9. The highest BCUT2D eigenvalue weighted by Gasteiger charge is 2.32. The lowest BCUT2D eigenvalue weighted by atomic mass is 9.96. The zero-order chi connectivity index (χ0) is 18.3. The van der Waals surface area contributed by atoms with Gasteiger partial charge in [0.15, 0.2) is 0 Å². The van der Waals surface area contributed by atoms with Crippen molar-refractivity contribution in [1.29, 1.82) is 0 Å². The molecule has 5 nitrogen and oxygen atoms in total. The van der Waals surface area contributed by atoms with E-state index in [4.69, 9.17) is 9.47 Å². The average molecular weight is 344 g/mol. The topological polar surface area (TPSA) is 60.5 Å². The molecule has 1 amide bonds. The summed E-state index contributed by atoms with van der Waals surface area (Å²) in [4.78, 5) is 17.2. The van der Waals surface area contributed by atoms with E-state index in [2.05, 4.69) is 17.2 Å². The van der Waals surface area contributed by atoms with Crippen molar-refractivity contribution >= 4 is 22.5 Å². The Morgan fingerprint density at radius 2 is 2.04 bits per heavy atom. The highest BCUT2D eigenvalue weighted by Crippen LogP contribution is 2.31. The first-order chi connectivity index (χ1) is 12.1. The van der Waals surface area contributed by atoms with Crippen LogP contribution < -0.4 is 10.1 Å². The molecule has 5 heteroatoms. The van der Waals surface area contributed by atoms with Gasteiger partial charge in [-0.05, 0) is 44.5 Å². The zero-order valence-corrected chi connectivity index (χ0v) is 15.6. The van der Waals surface area contributed by atoms with Gasteiger partial charge in [0.1, 0.15) is 16.9 Å². The molecule has 0 saturated heterocycles. The minimum atomic E-state index is -0.845. The standard InChI is InChI=1S/C20H28N2O3/c1-5-7-8-13-20(3,24-4)19(23)22-16-11-12-17(25-6-2)18-15(16)10-9-14-21-18/h9-12,14H,5-8,13H2,1-4H3,(H,22,23)/t20-/m0/s1. The predicted octanol–water partition coefficient (Wildman–Crippen LogP) is 4.56. The van der Waals surface area contributed by atoms with E-state index < -0.39 is 5.60 Å². The van der Waals surface area contributed by atoms with Gasteiger partial charge in [0.2, 0.25) is 0 Å². The zero-order valence-electron chi connectivity index (χ0n) is 15.6. The molecule has 1 atom stereocenters. The Hall–Kier alpha value is -2.14. The first-order valence-electron chi connectivity index (χ1n) is 8.92. The van der Waals surface area contributed by atoms with E-state index in [0.717, 1.165) is 35.9 Å². The second-order valence-electron chi connectivity index (χ2n) is 6.29. The van der Waals surface area contributed by atoms with E-state index in [1.165, 1.54) is 0 Å². The second kappa shape index (κ2) is 8.81. The van der Waals surface area contributed by atoms with Crippen LogP contribution in [0.25, 0.3) is 10.9 Å². The van der Waals surface area contributed by atoms with Crippen molar-refractivity contribution in [3.05, 3.63) is 30.5 Å². The molecule has 1 aromatic carbocycles. The number of aromatic nitrogens is 1. The number of ether oxygens (including phenoxy) is 2. The third-order valence-electron chi connectivity index (χ3n) is 4.47. The van der Waals surface area contributed by atoms with Crippen molar-refractivity contribution in [2.75, 3.05) is 19.0 Å². The van der Waals surface area contributed by atoms with Crippen LogP contribution >= 0.6 is 0 Å². The van der Waals surface area contributed by atoms with Crippen LogP contribution in [0.3, 0.4) is 0 Å². The molecule has 1 heterocycles. The molecule has 25 heavy (non-hydrogen) atoms. The van der Waals surface area contributed by atoms with Gasteiger partial charge in [-0.15, -0.1) is 0 Å². The van der Waals surface area contributed by atoms with Crippen LogP contribution in [0.4, 0.5) is 5.69 Å². The molecule has 0 saturated carbocycles. The molecule has 2 aromatic rings. The molecular formula is C20H28N2O3. The summed E-state index contributed by atoms with van der Waals surface area (Å²) in [6.07, 6.45) is 5.56. The fourth-order valence-corrected chi connectivity index (χ4v) is 2.80. The third-order valence-corrected chi connectivity index (χ3v) is 4.47. The van der Waals surface area contributed by atoms with Gasteiger partial charge in [0.25, 0.3) is 5.91 Å². The van der Waals surface area contributed by atoms with Crippen LogP contribution in [0.15, 0.2) is 30.5 Å². The number of hydrogen-bond acceptors (Lipinski definition) is 4. The first-order valence-corrected chi connectivity index (χ1v) is 8.92. The highest BCUT2D eigenvalue weighted by atomic mass is 16.5. The van der Waals surface area contributed by atoms with Gasteiger partial charge in [-0.25, -0.2) is 0 Å². The van der Waals surface area contributed by atoms with Crippen molar-refractivity contribution < 1.29 is 14.3 Å². The summed E-state index contributed by atoms with van der Waals surface area (Å²) in [6.45, 7) is 6.48. The lowest BCUT2D eigenvalue weighted by molar-refractivity contribution is -0.136. The number of unbranched alkanes of at least 4 members (excludes halogenated alkanes) is 2. The predicted molar refractivity (Wildman–Crippen MR) is 101 cm³/mol. The molecule has 0 spiro atoms. The van der Waals surface area contributed by atoms with E-state index >= 15 is 0 Å². The van der Waals surface area contributed by atoms with Crippen molar-refractivity contribution in [2.24, 2.45) is 0 Å². The Balaban J connectivity index is 2.27. The monoisotopic (exact) mass is 344 g/mol. The van der Waals surface area contributed by atoms with Crippen LogP contribution in [0.2, 0.25) is 0 Å². The summed E-state index contributed by atoms with van der Waals surface area (Å²) in [7, 11) is 1.59. The molecule has 1 aromatic heterocycles. The third kappa shape index (κ3) is 4.48. The van der Waals surface area contributed by atoms with Gasteiger partial charge in [0.05, 0.1) is 12.3 Å². The van der Waals surface area contributed by atoms with Gasteiger partial charge in [-0.1, -0.05) is 26.2 Å². The van der Waals surface area contributed by atoms with Crippen LogP contribution in [0.1, 0.15) is 46.5 Å². The minimum Gasteiger partial charge on any atom is -0.492 e. The molecule has 0 aliphatic rings. The Kier molecular flexibility index (Phi) is 6.76. The highest BCUT2D eigenvalue weighted by molar-refractivity contribution is 6.05. The fraction of sp³-hybridized carbons (Fsp3) is 0.500. The second-order valence-corrected chi connectivity index (χ2v) is 6.29. The molecule has 1 N–H and O–H groups in total. The Morgan fingerprint density at radius 3 is 2.72 bits per heavy atom. The van der Waals surface area contributed by atoms with Crippen LogP contribution in [-0.4, -0.2) is 30.2 Å². The summed E-state index contributed by atoms with van der Waals surface area (Å²) in [6, 6.07) is 7.48. The summed E-state index contributed by atoms with van der Waals surface area (Å²) in [5.74, 6) is 0.578. The summed E-state index contributed by atoms with van der Waals surface area (Å²) in [5.41, 5.74) is 0.616. The van der Waals surface area contributed by atoms with Gasteiger partial charge in [-0.3, -0.25) is 9.78 Å². The number of amides is 1.